The quantitative estimate of drug-likeness (QED) is 0.677. The van der Waals surface area contributed by atoms with Gasteiger partial charge in [-0.2, -0.15) is 5.01 Å². The van der Waals surface area contributed by atoms with Crippen LogP contribution < -0.4 is 5.43 Å². The number of aryl methyl sites for hydroxylation is 1. The summed E-state index contributed by atoms with van der Waals surface area (Å²) in [5, 5.41) is 1.09. The first-order valence-corrected chi connectivity index (χ1v) is 8.35. The van der Waals surface area contributed by atoms with E-state index in [0.29, 0.717) is 16.2 Å². The van der Waals surface area contributed by atoms with Gasteiger partial charge in [0.25, 0.3) is 11.8 Å². The van der Waals surface area contributed by atoms with Crippen molar-refractivity contribution in [3.8, 4) is 0 Å². The molecule has 24 heavy (non-hydrogen) atoms. The molecule has 0 unspecified atom stereocenters. The molecular formula is C17H13N3O2S2. The van der Waals surface area contributed by atoms with E-state index in [-0.39, 0.29) is 16.1 Å². The molecule has 1 aromatic carbocycles. The molecule has 0 atom stereocenters. The standard InChI is InChI=1S/C17H13N3O2S2/c1-11-6-5-9-13(18-11)10-14-16(22)20(17(23)24-14)19-15(21)12-7-3-2-4-8-12/h2-10H,1H3,(H,19,21)/b14-10+. The number of hydrazine groups is 1. The van der Waals surface area contributed by atoms with E-state index in [4.69, 9.17) is 12.2 Å². The summed E-state index contributed by atoms with van der Waals surface area (Å²) in [6.07, 6.45) is 1.67. The highest BCUT2D eigenvalue weighted by atomic mass is 32.2. The fourth-order valence-electron chi connectivity index (χ4n) is 2.10. The van der Waals surface area contributed by atoms with Gasteiger partial charge < -0.3 is 0 Å². The van der Waals surface area contributed by atoms with Crippen LogP contribution in [0.4, 0.5) is 0 Å². The number of hydrogen-bond donors (Lipinski definition) is 1. The van der Waals surface area contributed by atoms with Gasteiger partial charge in [0.05, 0.1) is 10.6 Å². The van der Waals surface area contributed by atoms with Crippen LogP contribution >= 0.6 is 24.0 Å². The lowest BCUT2D eigenvalue weighted by Gasteiger charge is -2.15. The van der Waals surface area contributed by atoms with Gasteiger partial charge in [-0.05, 0) is 49.5 Å². The maximum atomic E-state index is 12.5. The third-order valence-corrected chi connectivity index (χ3v) is 4.53. The van der Waals surface area contributed by atoms with Gasteiger partial charge in [-0.25, -0.2) is 0 Å². The molecule has 2 amide bonds. The summed E-state index contributed by atoms with van der Waals surface area (Å²) in [7, 11) is 0. The molecule has 0 radical (unpaired) electrons. The van der Waals surface area contributed by atoms with Gasteiger partial charge >= 0.3 is 0 Å². The van der Waals surface area contributed by atoms with Crippen LogP contribution in [0.15, 0.2) is 53.4 Å². The number of amides is 2. The second-order valence-electron chi connectivity index (χ2n) is 5.03. The number of nitrogens with zero attached hydrogens (tertiary/aromatic N) is 2. The van der Waals surface area contributed by atoms with Crippen molar-refractivity contribution in [2.45, 2.75) is 6.92 Å². The van der Waals surface area contributed by atoms with E-state index in [9.17, 15) is 9.59 Å². The SMILES string of the molecule is Cc1cccc(/C=C2/SC(=S)N(NC(=O)c3ccccc3)C2=O)n1. The lowest BCUT2D eigenvalue weighted by atomic mass is 10.2. The van der Waals surface area contributed by atoms with Crippen LogP contribution in [0.25, 0.3) is 6.08 Å². The van der Waals surface area contributed by atoms with Crippen molar-refractivity contribution >= 4 is 46.2 Å². The minimum atomic E-state index is -0.387. The summed E-state index contributed by atoms with van der Waals surface area (Å²) in [4.78, 5) is 29.4. The maximum absolute atomic E-state index is 12.5. The molecule has 0 aliphatic carbocycles. The summed E-state index contributed by atoms with van der Waals surface area (Å²) in [5.74, 6) is -0.751. The zero-order valence-corrected chi connectivity index (χ0v) is 14.4. The van der Waals surface area contributed by atoms with Gasteiger partial charge in [0.1, 0.15) is 0 Å². The number of hydrogen-bond acceptors (Lipinski definition) is 5. The van der Waals surface area contributed by atoms with Gasteiger partial charge in [-0.1, -0.05) is 36.0 Å². The molecule has 0 saturated carbocycles. The molecule has 5 nitrogen and oxygen atoms in total. The van der Waals surface area contributed by atoms with Crippen LogP contribution in [0.3, 0.4) is 0 Å². The van der Waals surface area contributed by atoms with Gasteiger partial charge in [-0.15, -0.1) is 0 Å². The van der Waals surface area contributed by atoms with E-state index in [0.717, 1.165) is 22.5 Å². The summed E-state index contributed by atoms with van der Waals surface area (Å²) >= 11 is 6.33. The average Bonchev–Trinajstić information content (AvgIpc) is 2.83. The number of thiocarbonyl (C=S) groups is 1. The van der Waals surface area contributed by atoms with Crippen molar-refractivity contribution in [1.82, 2.24) is 15.4 Å². The summed E-state index contributed by atoms with van der Waals surface area (Å²) < 4.78 is 0.281. The number of thioether (sulfide) groups is 1. The molecule has 1 saturated heterocycles. The van der Waals surface area contributed by atoms with Crippen LogP contribution in [-0.4, -0.2) is 26.1 Å². The normalized spacial score (nSPS) is 15.9. The van der Waals surface area contributed by atoms with Crippen molar-refractivity contribution in [2.24, 2.45) is 0 Å². The lowest BCUT2D eigenvalue weighted by molar-refractivity contribution is -0.123. The zero-order chi connectivity index (χ0) is 17.1. The molecule has 0 bridgehead atoms. The number of rotatable bonds is 3. The first-order valence-electron chi connectivity index (χ1n) is 7.12. The van der Waals surface area contributed by atoms with Crippen molar-refractivity contribution in [3.63, 3.8) is 0 Å². The summed E-state index contributed by atoms with van der Waals surface area (Å²) in [6, 6.07) is 14.2. The highest BCUT2D eigenvalue weighted by Crippen LogP contribution is 2.31. The van der Waals surface area contributed by atoms with Crippen molar-refractivity contribution < 1.29 is 9.59 Å². The highest BCUT2D eigenvalue weighted by Gasteiger charge is 2.33. The largest absolute Gasteiger partial charge is 0.285 e. The van der Waals surface area contributed by atoms with Crippen LogP contribution in [-0.2, 0) is 4.79 Å². The number of benzene rings is 1. The minimum absolute atomic E-state index is 0.281. The molecule has 2 aromatic rings. The number of carbonyl (C=O) groups is 2. The second kappa shape index (κ2) is 6.94. The van der Waals surface area contributed by atoms with Crippen molar-refractivity contribution in [3.05, 3.63) is 70.4 Å². The number of carbonyl (C=O) groups excluding carboxylic acids is 2. The van der Waals surface area contributed by atoms with Gasteiger partial charge in [0, 0.05) is 11.3 Å². The van der Waals surface area contributed by atoms with Crippen molar-refractivity contribution in [2.75, 3.05) is 0 Å². The van der Waals surface area contributed by atoms with E-state index in [1.807, 2.05) is 31.2 Å². The molecule has 2 heterocycles. The predicted octanol–water partition coefficient (Wildman–Crippen LogP) is 2.94. The first kappa shape index (κ1) is 16.4. The molecule has 7 heteroatoms. The Balaban J connectivity index is 1.78. The zero-order valence-electron chi connectivity index (χ0n) is 12.7. The van der Waals surface area contributed by atoms with Gasteiger partial charge in [0.15, 0.2) is 4.32 Å². The van der Waals surface area contributed by atoms with Crippen LogP contribution in [0, 0.1) is 6.92 Å². The van der Waals surface area contributed by atoms with E-state index >= 15 is 0 Å². The Morgan fingerprint density at radius 1 is 1.21 bits per heavy atom. The topological polar surface area (TPSA) is 62.3 Å². The Morgan fingerprint density at radius 2 is 1.96 bits per heavy atom. The van der Waals surface area contributed by atoms with E-state index in [2.05, 4.69) is 10.4 Å². The highest BCUT2D eigenvalue weighted by molar-refractivity contribution is 8.26. The van der Waals surface area contributed by atoms with Crippen LogP contribution in [0.1, 0.15) is 21.7 Å². The van der Waals surface area contributed by atoms with Crippen LogP contribution in [0.2, 0.25) is 0 Å². The summed E-state index contributed by atoms with van der Waals surface area (Å²) in [6.45, 7) is 1.88. The van der Waals surface area contributed by atoms with Gasteiger partial charge in [0.2, 0.25) is 0 Å². The monoisotopic (exact) mass is 355 g/mol. The second-order valence-corrected chi connectivity index (χ2v) is 6.70. The number of pyridine rings is 1. The third-order valence-electron chi connectivity index (χ3n) is 3.23. The average molecular weight is 355 g/mol. The number of nitrogens with one attached hydrogen (secondary N) is 1. The molecule has 0 spiro atoms. The van der Waals surface area contributed by atoms with E-state index in [1.165, 1.54) is 0 Å². The third kappa shape index (κ3) is 3.52. The van der Waals surface area contributed by atoms with E-state index in [1.54, 1.807) is 30.3 Å². The Hall–Kier alpha value is -2.51. The van der Waals surface area contributed by atoms with Gasteiger partial charge in [-0.3, -0.25) is 20.0 Å². The molecule has 1 N–H and O–H groups in total. The molecule has 3 rings (SSSR count). The molecule has 1 aliphatic rings. The first-order chi connectivity index (χ1) is 11.5. The molecule has 1 aliphatic heterocycles. The Kier molecular flexibility index (Phi) is 4.73. The Labute approximate surface area is 148 Å². The number of aromatic nitrogens is 1. The molecular weight excluding hydrogens is 342 g/mol. The molecule has 120 valence electrons. The minimum Gasteiger partial charge on any atom is -0.267 e. The maximum Gasteiger partial charge on any atom is 0.285 e. The Morgan fingerprint density at radius 3 is 2.67 bits per heavy atom. The Bertz CT molecular complexity index is 850. The lowest BCUT2D eigenvalue weighted by Crippen LogP contribution is -2.44. The molecule has 1 fully saturated rings. The van der Waals surface area contributed by atoms with E-state index < -0.39 is 0 Å². The van der Waals surface area contributed by atoms with Crippen molar-refractivity contribution in [1.29, 1.82) is 0 Å². The smallest absolute Gasteiger partial charge is 0.267 e. The predicted molar refractivity (Wildman–Crippen MR) is 97.9 cm³/mol. The fraction of sp³-hybridized carbons (Fsp3) is 0.0588. The summed E-state index contributed by atoms with van der Waals surface area (Å²) in [5.41, 5.74) is 4.53. The fourth-order valence-corrected chi connectivity index (χ4v) is 3.26. The molecule has 1 aromatic heterocycles. The van der Waals surface area contributed by atoms with Crippen LogP contribution in [0.5, 0.6) is 0 Å².